The van der Waals surface area contributed by atoms with Crippen LogP contribution in [0.3, 0.4) is 0 Å². The number of hydrogen-bond acceptors (Lipinski definition) is 5. The van der Waals surface area contributed by atoms with Gasteiger partial charge in [-0.2, -0.15) is 4.98 Å². The summed E-state index contributed by atoms with van der Waals surface area (Å²) >= 11 is 0. The molecule has 5 nitrogen and oxygen atoms in total. The van der Waals surface area contributed by atoms with Gasteiger partial charge in [0.05, 0.1) is 7.11 Å². The Labute approximate surface area is 109 Å². The number of ether oxygens (including phenoxy) is 1. The van der Waals surface area contributed by atoms with E-state index in [4.69, 9.17) is 9.26 Å². The van der Waals surface area contributed by atoms with Crippen molar-refractivity contribution in [1.29, 1.82) is 0 Å². The molecule has 1 aromatic carbocycles. The van der Waals surface area contributed by atoms with Crippen molar-refractivity contribution >= 4 is 0 Å². The van der Waals surface area contributed by atoms with Crippen LogP contribution in [-0.4, -0.2) is 22.2 Å². The minimum absolute atomic E-state index is 0.456. The molecule has 0 fully saturated rings. The van der Waals surface area contributed by atoms with E-state index in [1.807, 2.05) is 36.4 Å². The first kappa shape index (κ1) is 11.4. The summed E-state index contributed by atoms with van der Waals surface area (Å²) in [7, 11) is 1.62. The van der Waals surface area contributed by atoms with Gasteiger partial charge in [-0.1, -0.05) is 11.2 Å². The second kappa shape index (κ2) is 4.89. The topological polar surface area (TPSA) is 61.0 Å². The van der Waals surface area contributed by atoms with Gasteiger partial charge in [0.25, 0.3) is 5.89 Å². The molecule has 0 saturated carbocycles. The van der Waals surface area contributed by atoms with E-state index in [9.17, 15) is 0 Å². The first-order valence-corrected chi connectivity index (χ1v) is 5.75. The van der Waals surface area contributed by atoms with Crippen LogP contribution in [0.5, 0.6) is 5.75 Å². The minimum atomic E-state index is 0.456. The van der Waals surface area contributed by atoms with Gasteiger partial charge in [0.1, 0.15) is 5.75 Å². The number of pyridine rings is 1. The molecule has 0 bridgehead atoms. The first-order chi connectivity index (χ1) is 9.36. The maximum atomic E-state index is 5.26. The number of nitrogens with zero attached hydrogens (tertiary/aromatic N) is 3. The monoisotopic (exact) mass is 253 g/mol. The normalized spacial score (nSPS) is 10.4. The molecule has 0 aliphatic rings. The number of hydrogen-bond donors (Lipinski definition) is 0. The number of benzene rings is 1. The van der Waals surface area contributed by atoms with E-state index >= 15 is 0 Å². The van der Waals surface area contributed by atoms with Crippen LogP contribution in [0.25, 0.3) is 22.8 Å². The number of aromatic nitrogens is 3. The highest BCUT2D eigenvalue weighted by Gasteiger charge is 2.10. The molecule has 5 heteroatoms. The molecule has 0 unspecified atom stereocenters. The second-order valence-electron chi connectivity index (χ2n) is 3.90. The smallest absolute Gasteiger partial charge is 0.258 e. The van der Waals surface area contributed by atoms with Gasteiger partial charge < -0.3 is 9.26 Å². The SMILES string of the molecule is COc1cccc(-c2nc(-c3cccnc3)no2)c1. The molecule has 3 aromatic rings. The van der Waals surface area contributed by atoms with Crippen molar-refractivity contribution in [3.63, 3.8) is 0 Å². The summed E-state index contributed by atoms with van der Waals surface area (Å²) in [5.74, 6) is 1.72. The molecule has 0 radical (unpaired) electrons. The van der Waals surface area contributed by atoms with E-state index < -0.39 is 0 Å². The van der Waals surface area contributed by atoms with Crippen LogP contribution in [0.1, 0.15) is 0 Å². The van der Waals surface area contributed by atoms with Crippen molar-refractivity contribution in [3.8, 4) is 28.6 Å². The highest BCUT2D eigenvalue weighted by molar-refractivity contribution is 5.60. The summed E-state index contributed by atoms with van der Waals surface area (Å²) in [6, 6.07) is 11.2. The van der Waals surface area contributed by atoms with Gasteiger partial charge in [-0.3, -0.25) is 4.98 Å². The summed E-state index contributed by atoms with van der Waals surface area (Å²) in [5.41, 5.74) is 1.64. The fraction of sp³-hybridized carbons (Fsp3) is 0.0714. The molecule has 2 aromatic heterocycles. The van der Waals surface area contributed by atoms with Crippen LogP contribution in [-0.2, 0) is 0 Å². The second-order valence-corrected chi connectivity index (χ2v) is 3.90. The molecule has 3 rings (SSSR count). The third kappa shape index (κ3) is 2.30. The maximum Gasteiger partial charge on any atom is 0.258 e. The van der Waals surface area contributed by atoms with Crippen molar-refractivity contribution in [1.82, 2.24) is 15.1 Å². The zero-order valence-corrected chi connectivity index (χ0v) is 10.3. The van der Waals surface area contributed by atoms with Crippen LogP contribution >= 0.6 is 0 Å². The van der Waals surface area contributed by atoms with Gasteiger partial charge in [0.2, 0.25) is 5.82 Å². The first-order valence-electron chi connectivity index (χ1n) is 5.75. The molecular formula is C14H11N3O2. The van der Waals surface area contributed by atoms with Crippen molar-refractivity contribution in [2.75, 3.05) is 7.11 Å². The van der Waals surface area contributed by atoms with Gasteiger partial charge in [0, 0.05) is 23.5 Å². The average Bonchev–Trinajstić information content (AvgIpc) is 2.98. The van der Waals surface area contributed by atoms with Crippen molar-refractivity contribution in [2.24, 2.45) is 0 Å². The van der Waals surface area contributed by atoms with E-state index in [1.54, 1.807) is 19.5 Å². The number of rotatable bonds is 3. The van der Waals surface area contributed by atoms with Crippen LogP contribution in [0.15, 0.2) is 53.3 Å². The molecular weight excluding hydrogens is 242 g/mol. The molecule has 0 amide bonds. The Kier molecular flexibility index (Phi) is 2.94. The van der Waals surface area contributed by atoms with Crippen molar-refractivity contribution < 1.29 is 9.26 Å². The molecule has 19 heavy (non-hydrogen) atoms. The average molecular weight is 253 g/mol. The lowest BCUT2D eigenvalue weighted by Crippen LogP contribution is -1.84. The maximum absolute atomic E-state index is 5.26. The van der Waals surface area contributed by atoms with Crippen LogP contribution < -0.4 is 4.74 Å². The van der Waals surface area contributed by atoms with E-state index in [2.05, 4.69) is 15.1 Å². The minimum Gasteiger partial charge on any atom is -0.497 e. The predicted molar refractivity (Wildman–Crippen MR) is 69.5 cm³/mol. The third-order valence-electron chi connectivity index (χ3n) is 2.66. The van der Waals surface area contributed by atoms with Gasteiger partial charge in [-0.05, 0) is 30.3 Å². The fourth-order valence-electron chi connectivity index (χ4n) is 1.71. The van der Waals surface area contributed by atoms with E-state index in [1.165, 1.54) is 0 Å². The van der Waals surface area contributed by atoms with Gasteiger partial charge >= 0.3 is 0 Å². The molecule has 0 atom stereocenters. The largest absolute Gasteiger partial charge is 0.497 e. The summed E-state index contributed by atoms with van der Waals surface area (Å²) in [6.07, 6.45) is 3.40. The molecule has 0 saturated heterocycles. The Hall–Kier alpha value is -2.69. The Bertz CT molecular complexity index is 680. The van der Waals surface area contributed by atoms with Crippen LogP contribution in [0.2, 0.25) is 0 Å². The highest BCUT2D eigenvalue weighted by Crippen LogP contribution is 2.24. The van der Waals surface area contributed by atoms with Crippen molar-refractivity contribution in [2.45, 2.75) is 0 Å². The summed E-state index contributed by atoms with van der Waals surface area (Å²) in [4.78, 5) is 8.38. The van der Waals surface area contributed by atoms with E-state index in [-0.39, 0.29) is 0 Å². The molecule has 0 aliphatic heterocycles. The molecule has 94 valence electrons. The zero-order chi connectivity index (χ0) is 13.1. The molecule has 0 aliphatic carbocycles. The van der Waals surface area contributed by atoms with Gasteiger partial charge in [0.15, 0.2) is 0 Å². The Morgan fingerprint density at radius 2 is 2.00 bits per heavy atom. The predicted octanol–water partition coefficient (Wildman–Crippen LogP) is 2.81. The lowest BCUT2D eigenvalue weighted by molar-refractivity contribution is 0.413. The van der Waals surface area contributed by atoms with Gasteiger partial charge in [-0.15, -0.1) is 0 Å². The number of methoxy groups -OCH3 is 1. The fourth-order valence-corrected chi connectivity index (χ4v) is 1.71. The van der Waals surface area contributed by atoms with Crippen LogP contribution in [0.4, 0.5) is 0 Å². The van der Waals surface area contributed by atoms with Gasteiger partial charge in [-0.25, -0.2) is 0 Å². The summed E-state index contributed by atoms with van der Waals surface area (Å²) in [5, 5.41) is 3.95. The van der Waals surface area contributed by atoms with E-state index in [0.717, 1.165) is 16.9 Å². The van der Waals surface area contributed by atoms with Crippen LogP contribution in [0, 0.1) is 0 Å². The third-order valence-corrected chi connectivity index (χ3v) is 2.66. The molecule has 0 spiro atoms. The standard InChI is InChI=1S/C14H11N3O2/c1-18-12-6-2-4-10(8-12)14-16-13(17-19-14)11-5-3-7-15-9-11/h2-9H,1H3. The molecule has 2 heterocycles. The van der Waals surface area contributed by atoms with E-state index in [0.29, 0.717) is 11.7 Å². The summed E-state index contributed by atoms with van der Waals surface area (Å²) in [6.45, 7) is 0. The zero-order valence-electron chi connectivity index (χ0n) is 10.3. The Balaban J connectivity index is 1.97. The lowest BCUT2D eigenvalue weighted by Gasteiger charge is -1.99. The van der Waals surface area contributed by atoms with Crippen molar-refractivity contribution in [3.05, 3.63) is 48.8 Å². The summed E-state index contributed by atoms with van der Waals surface area (Å²) < 4.78 is 10.4. The quantitative estimate of drug-likeness (QED) is 0.718. The molecule has 0 N–H and O–H groups in total. The Morgan fingerprint density at radius 1 is 1.11 bits per heavy atom. The highest BCUT2D eigenvalue weighted by atomic mass is 16.5. The lowest BCUT2D eigenvalue weighted by atomic mass is 10.2. The Morgan fingerprint density at radius 3 is 2.79 bits per heavy atom.